The van der Waals surface area contributed by atoms with Crippen molar-refractivity contribution in [3.8, 4) is 5.75 Å². The molecule has 0 bridgehead atoms. The molecule has 1 amide bonds. The highest BCUT2D eigenvalue weighted by atomic mass is 32.2. The van der Waals surface area contributed by atoms with Gasteiger partial charge in [0.15, 0.2) is 0 Å². The summed E-state index contributed by atoms with van der Waals surface area (Å²) in [5, 5.41) is 0. The summed E-state index contributed by atoms with van der Waals surface area (Å²) in [4.78, 5) is 15.0. The zero-order valence-corrected chi connectivity index (χ0v) is 12.9. The number of benzene rings is 1. The number of carbonyl (C=O) groups is 1. The van der Waals surface area contributed by atoms with Crippen molar-refractivity contribution in [2.45, 2.75) is 43.5 Å². The molecule has 1 unspecified atom stereocenters. The molecule has 0 radical (unpaired) electrons. The van der Waals surface area contributed by atoms with Gasteiger partial charge in [-0.15, -0.1) is 11.8 Å². The Morgan fingerprint density at radius 3 is 2.80 bits per heavy atom. The first kappa shape index (κ1) is 13.8. The number of hydrogen-bond acceptors (Lipinski definition) is 3. The molecule has 1 aromatic rings. The number of hydrogen-bond donors (Lipinski definition) is 0. The fraction of sp³-hybridized carbons (Fsp3) is 0.562. The molecule has 0 saturated heterocycles. The third-order valence-corrected chi connectivity index (χ3v) is 5.89. The van der Waals surface area contributed by atoms with Gasteiger partial charge >= 0.3 is 0 Å². The van der Waals surface area contributed by atoms with E-state index in [2.05, 4.69) is 19.2 Å². The van der Waals surface area contributed by atoms with Crippen LogP contribution < -0.4 is 4.74 Å². The number of fused-ring (bicyclic) bond motifs is 1. The van der Waals surface area contributed by atoms with E-state index in [0.29, 0.717) is 19.1 Å². The molecule has 1 aromatic carbocycles. The molecule has 1 aliphatic heterocycles. The largest absolute Gasteiger partial charge is 0.491 e. The van der Waals surface area contributed by atoms with Crippen LogP contribution in [0.5, 0.6) is 5.75 Å². The molecule has 0 N–H and O–H groups in total. The fourth-order valence-electron chi connectivity index (χ4n) is 2.95. The lowest BCUT2D eigenvalue weighted by Gasteiger charge is -2.43. The minimum absolute atomic E-state index is 0.125. The van der Waals surface area contributed by atoms with E-state index in [-0.39, 0.29) is 10.8 Å². The van der Waals surface area contributed by atoms with Gasteiger partial charge in [-0.3, -0.25) is 4.79 Å². The van der Waals surface area contributed by atoms with Gasteiger partial charge in [-0.2, -0.15) is 0 Å². The molecule has 1 fully saturated rings. The zero-order chi connectivity index (χ0) is 14.2. The first-order chi connectivity index (χ1) is 9.66. The van der Waals surface area contributed by atoms with Crippen molar-refractivity contribution in [2.75, 3.05) is 12.9 Å². The van der Waals surface area contributed by atoms with Gasteiger partial charge in [0, 0.05) is 12.1 Å². The summed E-state index contributed by atoms with van der Waals surface area (Å²) in [7, 11) is 0. The topological polar surface area (TPSA) is 29.5 Å². The van der Waals surface area contributed by atoms with Crippen LogP contribution in [0.2, 0.25) is 0 Å². The third kappa shape index (κ3) is 2.20. The number of amides is 1. The van der Waals surface area contributed by atoms with Crippen LogP contribution in [0.1, 0.15) is 31.7 Å². The van der Waals surface area contributed by atoms with E-state index in [9.17, 15) is 4.79 Å². The highest BCUT2D eigenvalue weighted by molar-refractivity contribution is 8.00. The summed E-state index contributed by atoms with van der Waals surface area (Å²) >= 11 is 1.72. The van der Waals surface area contributed by atoms with Gasteiger partial charge in [0.1, 0.15) is 12.4 Å². The smallest absolute Gasteiger partial charge is 0.239 e. The molecule has 0 aromatic heterocycles. The van der Waals surface area contributed by atoms with E-state index in [1.807, 2.05) is 23.1 Å². The maximum atomic E-state index is 13.0. The normalized spacial score (nSPS) is 24.1. The van der Waals surface area contributed by atoms with Crippen LogP contribution in [0, 0.1) is 0 Å². The van der Waals surface area contributed by atoms with Crippen LogP contribution in [-0.2, 0) is 11.3 Å². The van der Waals surface area contributed by atoms with Crippen molar-refractivity contribution in [1.82, 2.24) is 4.90 Å². The molecule has 20 heavy (non-hydrogen) atoms. The molecule has 108 valence electrons. The number of para-hydroxylation sites is 1. The van der Waals surface area contributed by atoms with Crippen molar-refractivity contribution in [3.05, 3.63) is 29.8 Å². The van der Waals surface area contributed by atoms with E-state index < -0.39 is 0 Å². The minimum atomic E-state index is -0.173. The van der Waals surface area contributed by atoms with Gasteiger partial charge in [-0.25, -0.2) is 0 Å². The molecule has 1 atom stereocenters. The lowest BCUT2D eigenvalue weighted by atomic mass is 9.82. The van der Waals surface area contributed by atoms with Gasteiger partial charge in [0.2, 0.25) is 5.91 Å². The Bertz CT molecular complexity index is 507. The van der Waals surface area contributed by atoms with Gasteiger partial charge in [-0.05, 0) is 38.5 Å². The maximum absolute atomic E-state index is 13.0. The van der Waals surface area contributed by atoms with Crippen molar-refractivity contribution in [2.24, 2.45) is 0 Å². The quantitative estimate of drug-likeness (QED) is 0.838. The summed E-state index contributed by atoms with van der Waals surface area (Å²) < 4.78 is 5.67. The van der Waals surface area contributed by atoms with E-state index in [0.717, 1.165) is 24.2 Å². The molecular weight excluding hydrogens is 270 g/mol. The van der Waals surface area contributed by atoms with E-state index >= 15 is 0 Å². The Kier molecular flexibility index (Phi) is 3.67. The standard InChI is InChI=1S/C16H21NO2S/c1-12-11-19-14-7-4-3-6-13(14)10-17(12)15(18)16(20-2)8-5-9-16/h3-4,6-7,12H,5,8-11H2,1-2H3. The molecule has 1 heterocycles. The van der Waals surface area contributed by atoms with E-state index in [4.69, 9.17) is 4.74 Å². The Hall–Kier alpha value is -1.16. The zero-order valence-electron chi connectivity index (χ0n) is 12.1. The monoisotopic (exact) mass is 291 g/mol. The minimum Gasteiger partial charge on any atom is -0.491 e. The number of thioether (sulfide) groups is 1. The average Bonchev–Trinajstić information content (AvgIpc) is 2.58. The van der Waals surface area contributed by atoms with Crippen LogP contribution in [0.15, 0.2) is 24.3 Å². The van der Waals surface area contributed by atoms with E-state index in [1.165, 1.54) is 6.42 Å². The highest BCUT2D eigenvalue weighted by Crippen LogP contribution is 2.45. The van der Waals surface area contributed by atoms with E-state index in [1.54, 1.807) is 11.8 Å². The summed E-state index contributed by atoms with van der Waals surface area (Å²) in [6.07, 6.45) is 5.25. The average molecular weight is 291 g/mol. The molecular formula is C16H21NO2S. The van der Waals surface area contributed by atoms with Crippen LogP contribution in [0.4, 0.5) is 0 Å². The van der Waals surface area contributed by atoms with Crippen LogP contribution in [0.3, 0.4) is 0 Å². The first-order valence-electron chi connectivity index (χ1n) is 7.23. The summed E-state index contributed by atoms with van der Waals surface area (Å²) in [6.45, 7) is 3.32. The van der Waals surface area contributed by atoms with Gasteiger partial charge in [-0.1, -0.05) is 18.2 Å². The number of ether oxygens (including phenoxy) is 1. The summed E-state index contributed by atoms with van der Waals surface area (Å²) in [6, 6.07) is 8.16. The third-order valence-electron chi connectivity index (χ3n) is 4.53. The lowest BCUT2D eigenvalue weighted by molar-refractivity contribution is -0.139. The van der Waals surface area contributed by atoms with Crippen molar-refractivity contribution < 1.29 is 9.53 Å². The second-order valence-electron chi connectivity index (χ2n) is 5.75. The Morgan fingerprint density at radius 2 is 2.15 bits per heavy atom. The molecule has 0 spiro atoms. The lowest BCUT2D eigenvalue weighted by Crippen LogP contribution is -2.53. The van der Waals surface area contributed by atoms with Crippen LogP contribution in [0.25, 0.3) is 0 Å². The second-order valence-corrected chi connectivity index (χ2v) is 6.94. The van der Waals surface area contributed by atoms with Gasteiger partial charge < -0.3 is 9.64 Å². The predicted octanol–water partition coefficient (Wildman–Crippen LogP) is 3.08. The molecule has 1 saturated carbocycles. The van der Waals surface area contributed by atoms with Crippen molar-refractivity contribution in [1.29, 1.82) is 0 Å². The van der Waals surface area contributed by atoms with Crippen LogP contribution in [-0.4, -0.2) is 34.5 Å². The van der Waals surface area contributed by atoms with Gasteiger partial charge in [0.05, 0.1) is 10.8 Å². The fourth-order valence-corrected chi connectivity index (χ4v) is 3.94. The van der Waals surface area contributed by atoms with Crippen molar-refractivity contribution >= 4 is 17.7 Å². The second kappa shape index (κ2) is 5.32. The maximum Gasteiger partial charge on any atom is 0.239 e. The Balaban J connectivity index is 1.87. The molecule has 3 nitrogen and oxygen atoms in total. The SMILES string of the molecule is CSC1(C(=O)N2Cc3ccccc3OCC2C)CCC1. The highest BCUT2D eigenvalue weighted by Gasteiger charge is 2.47. The van der Waals surface area contributed by atoms with Crippen LogP contribution >= 0.6 is 11.8 Å². The Labute approximate surface area is 124 Å². The number of carbonyl (C=O) groups excluding carboxylic acids is 1. The first-order valence-corrected chi connectivity index (χ1v) is 8.46. The number of rotatable bonds is 2. The molecule has 2 aliphatic rings. The predicted molar refractivity (Wildman–Crippen MR) is 82.0 cm³/mol. The molecule has 4 heteroatoms. The summed E-state index contributed by atoms with van der Waals surface area (Å²) in [5.74, 6) is 1.21. The molecule has 1 aliphatic carbocycles. The Morgan fingerprint density at radius 1 is 1.40 bits per heavy atom. The molecule has 3 rings (SSSR count). The number of nitrogens with zero attached hydrogens (tertiary/aromatic N) is 1. The van der Waals surface area contributed by atoms with Crippen molar-refractivity contribution in [3.63, 3.8) is 0 Å². The van der Waals surface area contributed by atoms with Gasteiger partial charge in [0.25, 0.3) is 0 Å². The summed E-state index contributed by atoms with van der Waals surface area (Å²) in [5.41, 5.74) is 1.11.